The second kappa shape index (κ2) is 5.95. The van der Waals surface area contributed by atoms with Crippen molar-refractivity contribution in [2.24, 2.45) is 0 Å². The SMILES string of the molecule is CN1CCN(C2(O)Cc3ccccc3Sc3ccccc32)CC1. The molecule has 2 aliphatic heterocycles. The van der Waals surface area contributed by atoms with E-state index >= 15 is 0 Å². The van der Waals surface area contributed by atoms with Crippen molar-refractivity contribution in [3.8, 4) is 0 Å². The summed E-state index contributed by atoms with van der Waals surface area (Å²) in [5.41, 5.74) is 1.36. The van der Waals surface area contributed by atoms with Crippen LogP contribution in [0.5, 0.6) is 0 Å². The second-order valence-corrected chi connectivity index (χ2v) is 7.57. The van der Waals surface area contributed by atoms with Crippen molar-refractivity contribution < 1.29 is 5.11 Å². The molecule has 23 heavy (non-hydrogen) atoms. The van der Waals surface area contributed by atoms with Crippen LogP contribution in [0.4, 0.5) is 0 Å². The van der Waals surface area contributed by atoms with E-state index in [1.807, 2.05) is 6.07 Å². The van der Waals surface area contributed by atoms with Crippen molar-refractivity contribution in [3.63, 3.8) is 0 Å². The normalized spacial score (nSPS) is 25.5. The molecule has 0 radical (unpaired) electrons. The van der Waals surface area contributed by atoms with E-state index in [-0.39, 0.29) is 0 Å². The minimum absolute atomic E-state index is 0.650. The van der Waals surface area contributed by atoms with Crippen LogP contribution in [0.1, 0.15) is 11.1 Å². The molecule has 1 unspecified atom stereocenters. The molecule has 2 heterocycles. The third-order valence-corrected chi connectivity index (χ3v) is 6.17. The number of fused-ring (bicyclic) bond motifs is 2. The number of rotatable bonds is 1. The molecule has 2 aromatic rings. The van der Waals surface area contributed by atoms with Crippen LogP contribution in [0.15, 0.2) is 58.3 Å². The smallest absolute Gasteiger partial charge is 0.149 e. The van der Waals surface area contributed by atoms with E-state index in [1.165, 1.54) is 15.4 Å². The summed E-state index contributed by atoms with van der Waals surface area (Å²) in [5.74, 6) is 0. The number of hydrogen-bond acceptors (Lipinski definition) is 4. The summed E-state index contributed by atoms with van der Waals surface area (Å²) in [4.78, 5) is 7.00. The number of likely N-dealkylation sites (N-methyl/N-ethyl adjacent to an activating group) is 1. The topological polar surface area (TPSA) is 26.7 Å². The van der Waals surface area contributed by atoms with E-state index in [9.17, 15) is 5.11 Å². The maximum Gasteiger partial charge on any atom is 0.149 e. The Bertz CT molecular complexity index is 712. The van der Waals surface area contributed by atoms with Gasteiger partial charge in [-0.25, -0.2) is 0 Å². The fraction of sp³-hybridized carbons (Fsp3) is 0.368. The first-order chi connectivity index (χ1) is 11.2. The monoisotopic (exact) mass is 326 g/mol. The van der Waals surface area contributed by atoms with Crippen LogP contribution in [0.3, 0.4) is 0 Å². The van der Waals surface area contributed by atoms with Gasteiger partial charge >= 0.3 is 0 Å². The summed E-state index contributed by atoms with van der Waals surface area (Å²) in [6.45, 7) is 3.79. The van der Waals surface area contributed by atoms with E-state index in [0.29, 0.717) is 6.42 Å². The maximum absolute atomic E-state index is 11.8. The summed E-state index contributed by atoms with van der Waals surface area (Å²) in [6, 6.07) is 16.8. The molecule has 0 aromatic heterocycles. The third-order valence-electron chi connectivity index (χ3n) is 4.97. The molecule has 1 atom stereocenters. The third kappa shape index (κ3) is 2.70. The Kier molecular flexibility index (Phi) is 3.93. The summed E-state index contributed by atoms with van der Waals surface area (Å²) >= 11 is 1.77. The van der Waals surface area contributed by atoms with E-state index in [0.717, 1.165) is 31.7 Å². The lowest BCUT2D eigenvalue weighted by Crippen LogP contribution is -2.55. The highest BCUT2D eigenvalue weighted by atomic mass is 32.2. The lowest BCUT2D eigenvalue weighted by molar-refractivity contribution is -0.131. The van der Waals surface area contributed by atoms with Gasteiger partial charge in [-0.05, 0) is 24.7 Å². The molecule has 1 N–H and O–H groups in total. The Morgan fingerprint density at radius 3 is 2.35 bits per heavy atom. The molecular weight excluding hydrogens is 304 g/mol. The molecule has 4 heteroatoms. The quantitative estimate of drug-likeness (QED) is 0.872. The summed E-state index contributed by atoms with van der Waals surface area (Å²) in [7, 11) is 2.15. The highest BCUT2D eigenvalue weighted by Gasteiger charge is 2.41. The van der Waals surface area contributed by atoms with Crippen LogP contribution < -0.4 is 0 Å². The Labute approximate surface area is 141 Å². The van der Waals surface area contributed by atoms with E-state index in [4.69, 9.17) is 0 Å². The number of piperazine rings is 1. The van der Waals surface area contributed by atoms with E-state index in [2.05, 4.69) is 59.3 Å². The van der Waals surface area contributed by atoms with Gasteiger partial charge in [0.15, 0.2) is 0 Å². The van der Waals surface area contributed by atoms with Gasteiger partial charge in [-0.3, -0.25) is 4.90 Å². The van der Waals surface area contributed by atoms with Crippen molar-refractivity contribution in [3.05, 3.63) is 59.7 Å². The van der Waals surface area contributed by atoms with Gasteiger partial charge in [-0.1, -0.05) is 48.2 Å². The van der Waals surface area contributed by atoms with Gasteiger partial charge in [-0.2, -0.15) is 0 Å². The van der Waals surface area contributed by atoms with Crippen molar-refractivity contribution in [1.29, 1.82) is 0 Å². The zero-order chi connectivity index (χ0) is 15.9. The maximum atomic E-state index is 11.8. The van der Waals surface area contributed by atoms with Crippen LogP contribution in [0.25, 0.3) is 0 Å². The van der Waals surface area contributed by atoms with Crippen LogP contribution in [0, 0.1) is 0 Å². The Morgan fingerprint density at radius 2 is 1.57 bits per heavy atom. The molecule has 0 bridgehead atoms. The first kappa shape index (κ1) is 15.2. The predicted molar refractivity (Wildman–Crippen MR) is 93.7 cm³/mol. The highest BCUT2D eigenvalue weighted by Crippen LogP contribution is 2.44. The van der Waals surface area contributed by atoms with Gasteiger partial charge in [0, 0.05) is 48.0 Å². The lowest BCUT2D eigenvalue weighted by atomic mass is 9.92. The molecular formula is C19H22N2OS. The predicted octanol–water partition coefficient (Wildman–Crippen LogP) is 2.79. The van der Waals surface area contributed by atoms with Crippen LogP contribution in [-0.2, 0) is 12.1 Å². The van der Waals surface area contributed by atoms with Gasteiger partial charge in [-0.15, -0.1) is 0 Å². The second-order valence-electron chi connectivity index (χ2n) is 6.49. The lowest BCUT2D eigenvalue weighted by Gasteiger charge is -2.44. The average molecular weight is 326 g/mol. The van der Waals surface area contributed by atoms with Crippen molar-refractivity contribution in [2.45, 2.75) is 21.9 Å². The van der Waals surface area contributed by atoms with Gasteiger partial charge in [0.25, 0.3) is 0 Å². The number of nitrogens with zero attached hydrogens (tertiary/aromatic N) is 2. The van der Waals surface area contributed by atoms with Crippen molar-refractivity contribution in [2.75, 3.05) is 33.2 Å². The van der Waals surface area contributed by atoms with Gasteiger partial charge in [0.05, 0.1) is 0 Å². The molecule has 0 aliphatic carbocycles. The molecule has 0 saturated carbocycles. The van der Waals surface area contributed by atoms with Crippen LogP contribution in [0.2, 0.25) is 0 Å². The Balaban J connectivity index is 1.81. The minimum Gasteiger partial charge on any atom is -0.371 e. The van der Waals surface area contributed by atoms with E-state index < -0.39 is 5.72 Å². The van der Waals surface area contributed by atoms with Gasteiger partial charge < -0.3 is 10.0 Å². The summed E-state index contributed by atoms with van der Waals surface area (Å²) < 4.78 is 0. The molecule has 2 aromatic carbocycles. The van der Waals surface area contributed by atoms with Crippen molar-refractivity contribution >= 4 is 11.8 Å². The Hall–Kier alpha value is -1.33. The number of hydrogen-bond donors (Lipinski definition) is 1. The fourth-order valence-electron chi connectivity index (χ4n) is 3.57. The molecule has 0 amide bonds. The largest absolute Gasteiger partial charge is 0.371 e. The number of aliphatic hydroxyl groups is 1. The minimum atomic E-state index is -0.919. The first-order valence-electron chi connectivity index (χ1n) is 8.18. The molecule has 1 fully saturated rings. The molecule has 1 saturated heterocycles. The molecule has 3 nitrogen and oxygen atoms in total. The standard InChI is InChI=1S/C19H22N2OS/c1-20-10-12-21(13-11-20)19(22)14-15-6-2-4-8-17(15)23-18-9-5-3-7-16(18)19/h2-9,22H,10-14H2,1H3. The summed E-state index contributed by atoms with van der Waals surface area (Å²) in [6.07, 6.45) is 0.650. The number of benzene rings is 2. The van der Waals surface area contributed by atoms with E-state index in [1.54, 1.807) is 11.8 Å². The molecule has 4 rings (SSSR count). The average Bonchev–Trinajstić information content (AvgIpc) is 2.70. The Morgan fingerprint density at radius 1 is 0.913 bits per heavy atom. The van der Waals surface area contributed by atoms with Crippen LogP contribution >= 0.6 is 11.8 Å². The zero-order valence-electron chi connectivity index (χ0n) is 13.4. The highest BCUT2D eigenvalue weighted by molar-refractivity contribution is 7.99. The van der Waals surface area contributed by atoms with Gasteiger partial charge in [0.1, 0.15) is 5.72 Å². The summed E-state index contributed by atoms with van der Waals surface area (Å²) in [5, 5.41) is 11.8. The van der Waals surface area contributed by atoms with Crippen LogP contribution in [-0.4, -0.2) is 48.1 Å². The first-order valence-corrected chi connectivity index (χ1v) is 9.00. The molecule has 120 valence electrons. The zero-order valence-corrected chi connectivity index (χ0v) is 14.2. The molecule has 2 aliphatic rings. The van der Waals surface area contributed by atoms with Crippen molar-refractivity contribution in [1.82, 2.24) is 9.80 Å². The fourth-order valence-corrected chi connectivity index (χ4v) is 4.72. The molecule has 0 spiro atoms. The van der Waals surface area contributed by atoms with Gasteiger partial charge in [0.2, 0.25) is 0 Å².